The number of amides is 2. The molecule has 0 unspecified atom stereocenters. The molecule has 0 heterocycles. The fourth-order valence-corrected chi connectivity index (χ4v) is 0.998. The molecule has 7 heteroatoms. The molecule has 0 aliphatic carbocycles. The van der Waals surface area contributed by atoms with Gasteiger partial charge in [-0.1, -0.05) is 0 Å². The average Bonchev–Trinajstić information content (AvgIpc) is 2.00. The lowest BCUT2D eigenvalue weighted by Crippen LogP contribution is -2.42. The summed E-state index contributed by atoms with van der Waals surface area (Å²) in [6.07, 6.45) is 0. The standard InChI is InChI=1S/C8H15N3O4/c1-2-15-8(14)5-11(3-6(9)12)4-7(10)13/h2-5H2,1H3,(H2,9,12)(H2,10,13). The summed E-state index contributed by atoms with van der Waals surface area (Å²) in [5.41, 5.74) is 9.87. The van der Waals surface area contributed by atoms with Crippen LogP contribution in [0.2, 0.25) is 0 Å². The maximum absolute atomic E-state index is 11.0. The Morgan fingerprint density at radius 3 is 1.87 bits per heavy atom. The summed E-state index contributed by atoms with van der Waals surface area (Å²) in [5.74, 6) is -1.80. The van der Waals surface area contributed by atoms with Crippen molar-refractivity contribution in [2.75, 3.05) is 26.2 Å². The van der Waals surface area contributed by atoms with E-state index in [9.17, 15) is 14.4 Å². The molecule has 0 spiro atoms. The first-order valence-corrected chi connectivity index (χ1v) is 4.40. The Morgan fingerprint density at radius 1 is 1.07 bits per heavy atom. The Morgan fingerprint density at radius 2 is 1.53 bits per heavy atom. The molecule has 0 rings (SSSR count). The lowest BCUT2D eigenvalue weighted by molar-refractivity contribution is -0.144. The molecule has 15 heavy (non-hydrogen) atoms. The van der Waals surface area contributed by atoms with Crippen molar-refractivity contribution in [3.63, 3.8) is 0 Å². The molecule has 0 aromatic heterocycles. The van der Waals surface area contributed by atoms with Gasteiger partial charge in [-0.3, -0.25) is 19.3 Å². The number of ether oxygens (including phenoxy) is 1. The summed E-state index contributed by atoms with van der Waals surface area (Å²) in [4.78, 5) is 33.5. The summed E-state index contributed by atoms with van der Waals surface area (Å²) in [7, 11) is 0. The Labute approximate surface area is 87.3 Å². The molecule has 86 valence electrons. The number of primary amides is 2. The van der Waals surface area contributed by atoms with Gasteiger partial charge in [0.05, 0.1) is 26.2 Å². The number of rotatable bonds is 7. The van der Waals surface area contributed by atoms with Crippen LogP contribution >= 0.6 is 0 Å². The number of nitrogens with zero attached hydrogens (tertiary/aromatic N) is 1. The summed E-state index contributed by atoms with van der Waals surface area (Å²) < 4.78 is 4.65. The van der Waals surface area contributed by atoms with Crippen molar-refractivity contribution >= 4 is 17.8 Å². The van der Waals surface area contributed by atoms with E-state index in [1.807, 2.05) is 0 Å². The minimum Gasteiger partial charge on any atom is -0.465 e. The van der Waals surface area contributed by atoms with Crippen LogP contribution in [0, 0.1) is 0 Å². The molecule has 0 radical (unpaired) electrons. The van der Waals surface area contributed by atoms with Gasteiger partial charge in [0.25, 0.3) is 0 Å². The highest BCUT2D eigenvalue weighted by atomic mass is 16.5. The zero-order chi connectivity index (χ0) is 11.8. The molecule has 7 nitrogen and oxygen atoms in total. The molecule has 0 saturated carbocycles. The lowest BCUT2D eigenvalue weighted by atomic mass is 10.4. The van der Waals surface area contributed by atoms with E-state index in [0.717, 1.165) is 0 Å². The van der Waals surface area contributed by atoms with Gasteiger partial charge in [0.15, 0.2) is 0 Å². The molecule has 0 fully saturated rings. The van der Waals surface area contributed by atoms with Crippen molar-refractivity contribution in [2.24, 2.45) is 11.5 Å². The molecule has 0 aromatic rings. The molecule has 0 aliphatic heterocycles. The fraction of sp³-hybridized carbons (Fsp3) is 0.625. The SMILES string of the molecule is CCOC(=O)CN(CC(N)=O)CC(N)=O. The largest absolute Gasteiger partial charge is 0.465 e. The van der Waals surface area contributed by atoms with Crippen molar-refractivity contribution in [2.45, 2.75) is 6.92 Å². The van der Waals surface area contributed by atoms with Crippen LogP contribution < -0.4 is 11.5 Å². The predicted octanol–water partition coefficient (Wildman–Crippen LogP) is -2.18. The summed E-state index contributed by atoms with van der Waals surface area (Å²) in [6, 6.07) is 0. The van der Waals surface area contributed by atoms with Crippen LogP contribution in [-0.4, -0.2) is 48.9 Å². The third-order valence-corrected chi connectivity index (χ3v) is 1.42. The Bertz CT molecular complexity index is 238. The number of nitrogens with two attached hydrogens (primary N) is 2. The maximum Gasteiger partial charge on any atom is 0.320 e. The van der Waals surface area contributed by atoms with E-state index in [2.05, 4.69) is 4.74 Å². The fourth-order valence-electron chi connectivity index (χ4n) is 0.998. The first-order chi connectivity index (χ1) is 6.95. The van der Waals surface area contributed by atoms with E-state index in [1.165, 1.54) is 4.90 Å². The highest BCUT2D eigenvalue weighted by Gasteiger charge is 2.15. The van der Waals surface area contributed by atoms with Crippen molar-refractivity contribution < 1.29 is 19.1 Å². The summed E-state index contributed by atoms with van der Waals surface area (Å²) in [6.45, 7) is 1.30. The number of hydrogen-bond donors (Lipinski definition) is 2. The smallest absolute Gasteiger partial charge is 0.320 e. The highest BCUT2D eigenvalue weighted by molar-refractivity contribution is 5.81. The van der Waals surface area contributed by atoms with Crippen LogP contribution in [0.15, 0.2) is 0 Å². The third-order valence-electron chi connectivity index (χ3n) is 1.42. The van der Waals surface area contributed by atoms with Crippen LogP contribution in [0.1, 0.15) is 6.92 Å². The second-order valence-corrected chi connectivity index (χ2v) is 2.88. The highest BCUT2D eigenvalue weighted by Crippen LogP contribution is 1.89. The Kier molecular flexibility index (Phi) is 6.03. The quantitative estimate of drug-likeness (QED) is 0.470. The third kappa shape index (κ3) is 7.44. The number of esters is 1. The van der Waals surface area contributed by atoms with E-state index in [1.54, 1.807) is 6.92 Å². The van der Waals surface area contributed by atoms with Gasteiger partial charge < -0.3 is 16.2 Å². The van der Waals surface area contributed by atoms with Gasteiger partial charge in [0.2, 0.25) is 11.8 Å². The van der Waals surface area contributed by atoms with Crippen LogP contribution in [0.3, 0.4) is 0 Å². The van der Waals surface area contributed by atoms with Crippen LogP contribution in [0.5, 0.6) is 0 Å². The van der Waals surface area contributed by atoms with Gasteiger partial charge in [-0.2, -0.15) is 0 Å². The zero-order valence-corrected chi connectivity index (χ0v) is 8.56. The van der Waals surface area contributed by atoms with Gasteiger partial charge in [0.1, 0.15) is 0 Å². The summed E-state index contributed by atoms with van der Waals surface area (Å²) >= 11 is 0. The van der Waals surface area contributed by atoms with Crippen LogP contribution in [-0.2, 0) is 19.1 Å². The molecule has 4 N–H and O–H groups in total. The van der Waals surface area contributed by atoms with Gasteiger partial charge in [0, 0.05) is 0 Å². The number of hydrogen-bond acceptors (Lipinski definition) is 5. The topological polar surface area (TPSA) is 116 Å². The van der Waals surface area contributed by atoms with Crippen LogP contribution in [0.25, 0.3) is 0 Å². The second-order valence-electron chi connectivity index (χ2n) is 2.88. The van der Waals surface area contributed by atoms with Crippen LogP contribution in [0.4, 0.5) is 0 Å². The van der Waals surface area contributed by atoms with Gasteiger partial charge >= 0.3 is 5.97 Å². The van der Waals surface area contributed by atoms with Gasteiger partial charge in [-0.05, 0) is 6.92 Å². The molecular formula is C8H15N3O4. The molecular weight excluding hydrogens is 202 g/mol. The van der Waals surface area contributed by atoms with Gasteiger partial charge in [-0.15, -0.1) is 0 Å². The summed E-state index contributed by atoms with van der Waals surface area (Å²) in [5, 5.41) is 0. The first kappa shape index (κ1) is 13.4. The average molecular weight is 217 g/mol. The van der Waals surface area contributed by atoms with E-state index < -0.39 is 17.8 Å². The second kappa shape index (κ2) is 6.77. The molecule has 0 atom stereocenters. The van der Waals surface area contributed by atoms with E-state index in [4.69, 9.17) is 11.5 Å². The minimum absolute atomic E-state index is 0.181. The Balaban J connectivity index is 4.16. The van der Waals surface area contributed by atoms with Crippen molar-refractivity contribution in [3.05, 3.63) is 0 Å². The van der Waals surface area contributed by atoms with Gasteiger partial charge in [-0.25, -0.2) is 0 Å². The molecule has 2 amide bonds. The normalized spacial score (nSPS) is 10.0. The molecule has 0 saturated heterocycles. The molecule has 0 aliphatic rings. The zero-order valence-electron chi connectivity index (χ0n) is 8.56. The number of carbonyl (C=O) groups excluding carboxylic acids is 3. The van der Waals surface area contributed by atoms with Crippen molar-refractivity contribution in [1.82, 2.24) is 4.90 Å². The van der Waals surface area contributed by atoms with E-state index >= 15 is 0 Å². The maximum atomic E-state index is 11.0. The Hall–Kier alpha value is -1.63. The minimum atomic E-state index is -0.638. The van der Waals surface area contributed by atoms with Crippen molar-refractivity contribution in [3.8, 4) is 0 Å². The predicted molar refractivity (Wildman–Crippen MR) is 51.5 cm³/mol. The monoisotopic (exact) mass is 217 g/mol. The van der Waals surface area contributed by atoms with E-state index in [-0.39, 0.29) is 26.2 Å². The first-order valence-electron chi connectivity index (χ1n) is 4.40. The molecule has 0 bridgehead atoms. The number of carbonyl (C=O) groups is 3. The van der Waals surface area contributed by atoms with Crippen molar-refractivity contribution in [1.29, 1.82) is 0 Å². The van der Waals surface area contributed by atoms with E-state index in [0.29, 0.717) is 0 Å². The molecule has 0 aromatic carbocycles. The lowest BCUT2D eigenvalue weighted by Gasteiger charge is -2.17.